The minimum absolute atomic E-state index is 0.0578. The van der Waals surface area contributed by atoms with Crippen molar-refractivity contribution in [2.45, 2.75) is 0 Å². The number of benzene rings is 1. The van der Waals surface area contributed by atoms with Crippen LogP contribution in [0.25, 0.3) is 16.5 Å². The molecule has 7 heteroatoms. The van der Waals surface area contributed by atoms with E-state index < -0.39 is 5.56 Å². The largest absolute Gasteiger partial charge is 0.338 e. The summed E-state index contributed by atoms with van der Waals surface area (Å²) >= 11 is 5.82. The molecule has 0 fully saturated rings. The standard InChI is InChI=1S/C13H10ClN5O/c14-9-1-3-10(4-2-9)19-13(20)11-8(7-17-19)5-6-18(16)12(11)15/h1-7,15H,16H2. The van der Waals surface area contributed by atoms with Gasteiger partial charge in [0.15, 0.2) is 5.49 Å². The van der Waals surface area contributed by atoms with Gasteiger partial charge < -0.3 is 5.84 Å². The molecule has 0 aliphatic carbocycles. The highest BCUT2D eigenvalue weighted by molar-refractivity contribution is 6.30. The lowest BCUT2D eigenvalue weighted by atomic mass is 10.2. The van der Waals surface area contributed by atoms with E-state index in [1.807, 2.05) is 0 Å². The summed E-state index contributed by atoms with van der Waals surface area (Å²) in [5.74, 6) is 5.61. The Morgan fingerprint density at radius 3 is 2.60 bits per heavy atom. The Kier molecular flexibility index (Phi) is 2.80. The first-order valence-electron chi connectivity index (χ1n) is 5.77. The summed E-state index contributed by atoms with van der Waals surface area (Å²) in [7, 11) is 0. The van der Waals surface area contributed by atoms with Crippen LogP contribution in [0.3, 0.4) is 0 Å². The van der Waals surface area contributed by atoms with E-state index in [4.69, 9.17) is 22.9 Å². The number of nitrogens with two attached hydrogens (primary N) is 1. The highest BCUT2D eigenvalue weighted by atomic mass is 35.5. The number of fused-ring (bicyclic) bond motifs is 1. The van der Waals surface area contributed by atoms with Gasteiger partial charge in [-0.15, -0.1) is 0 Å². The summed E-state index contributed by atoms with van der Waals surface area (Å²) in [5, 5.41) is 13.4. The third kappa shape index (κ3) is 1.86. The molecular formula is C13H10ClN5O. The van der Waals surface area contributed by atoms with Crippen molar-refractivity contribution in [2.24, 2.45) is 0 Å². The molecule has 2 heterocycles. The monoisotopic (exact) mass is 287 g/mol. The van der Waals surface area contributed by atoms with Crippen molar-refractivity contribution in [1.82, 2.24) is 14.5 Å². The van der Waals surface area contributed by atoms with E-state index in [1.165, 1.54) is 17.1 Å². The number of hydrogen-bond donors (Lipinski definition) is 2. The molecule has 3 aromatic rings. The van der Waals surface area contributed by atoms with Crippen LogP contribution in [-0.2, 0) is 0 Å². The number of nitrogen functional groups attached to an aromatic ring is 1. The molecule has 0 saturated heterocycles. The zero-order valence-corrected chi connectivity index (χ0v) is 11.0. The first-order chi connectivity index (χ1) is 9.58. The van der Waals surface area contributed by atoms with Crippen LogP contribution in [0.4, 0.5) is 0 Å². The molecule has 3 rings (SSSR count). The summed E-state index contributed by atoms with van der Waals surface area (Å²) < 4.78 is 2.31. The van der Waals surface area contributed by atoms with Gasteiger partial charge in [0.25, 0.3) is 5.56 Å². The van der Waals surface area contributed by atoms with Crippen LogP contribution in [0.2, 0.25) is 5.02 Å². The molecule has 100 valence electrons. The summed E-state index contributed by atoms with van der Waals surface area (Å²) in [6.07, 6.45) is 3.04. The smallest absolute Gasteiger partial charge is 0.283 e. The lowest BCUT2D eigenvalue weighted by Gasteiger charge is -2.07. The number of nitrogens with one attached hydrogen (secondary N) is 1. The van der Waals surface area contributed by atoms with Crippen LogP contribution in [0.1, 0.15) is 0 Å². The van der Waals surface area contributed by atoms with Crippen LogP contribution >= 0.6 is 11.6 Å². The Balaban J connectivity index is 2.37. The fraction of sp³-hybridized carbons (Fsp3) is 0. The highest BCUT2D eigenvalue weighted by Gasteiger charge is 2.08. The van der Waals surface area contributed by atoms with Crippen LogP contribution in [0.5, 0.6) is 0 Å². The van der Waals surface area contributed by atoms with E-state index in [9.17, 15) is 4.79 Å². The van der Waals surface area contributed by atoms with Gasteiger partial charge in [0.05, 0.1) is 17.3 Å². The molecule has 0 unspecified atom stereocenters. The average Bonchev–Trinajstić information content (AvgIpc) is 2.44. The Morgan fingerprint density at radius 1 is 1.20 bits per heavy atom. The van der Waals surface area contributed by atoms with Crippen molar-refractivity contribution < 1.29 is 0 Å². The van der Waals surface area contributed by atoms with Gasteiger partial charge in [0.1, 0.15) is 0 Å². The van der Waals surface area contributed by atoms with E-state index in [1.54, 1.807) is 30.3 Å². The number of halogens is 1. The highest BCUT2D eigenvalue weighted by Crippen LogP contribution is 2.12. The average molecular weight is 288 g/mol. The van der Waals surface area contributed by atoms with Crippen molar-refractivity contribution in [3.8, 4) is 5.69 Å². The molecule has 0 aliphatic heterocycles. The van der Waals surface area contributed by atoms with Gasteiger partial charge in [-0.25, -0.2) is 0 Å². The van der Waals surface area contributed by atoms with Crippen molar-refractivity contribution in [3.63, 3.8) is 0 Å². The van der Waals surface area contributed by atoms with Gasteiger partial charge in [0, 0.05) is 16.6 Å². The van der Waals surface area contributed by atoms with E-state index in [0.29, 0.717) is 16.1 Å². The maximum Gasteiger partial charge on any atom is 0.283 e. The Hall–Kier alpha value is -2.60. The van der Waals surface area contributed by atoms with Gasteiger partial charge in [-0.05, 0) is 30.3 Å². The minimum Gasteiger partial charge on any atom is -0.338 e. The first-order valence-corrected chi connectivity index (χ1v) is 6.15. The Labute approximate surface area is 118 Å². The molecule has 0 spiro atoms. The van der Waals surface area contributed by atoms with Crippen LogP contribution in [-0.4, -0.2) is 14.5 Å². The summed E-state index contributed by atoms with van der Waals surface area (Å²) in [4.78, 5) is 12.5. The van der Waals surface area contributed by atoms with Gasteiger partial charge in [-0.1, -0.05) is 11.6 Å². The quantitative estimate of drug-likeness (QED) is 0.655. The van der Waals surface area contributed by atoms with Crippen molar-refractivity contribution in [2.75, 3.05) is 5.84 Å². The van der Waals surface area contributed by atoms with Crippen molar-refractivity contribution >= 4 is 22.4 Å². The topological polar surface area (TPSA) is 89.7 Å². The SMILES string of the molecule is N=c1c2c(=O)n(-c3ccc(Cl)cc3)ncc2ccn1N. The molecule has 6 nitrogen and oxygen atoms in total. The number of aromatic nitrogens is 3. The molecule has 0 bridgehead atoms. The molecule has 0 aliphatic rings. The molecule has 0 amide bonds. The maximum absolute atomic E-state index is 12.5. The minimum atomic E-state index is -0.394. The van der Waals surface area contributed by atoms with Crippen LogP contribution < -0.4 is 16.9 Å². The molecular weight excluding hydrogens is 278 g/mol. The van der Waals surface area contributed by atoms with Gasteiger partial charge in [-0.3, -0.25) is 14.9 Å². The zero-order chi connectivity index (χ0) is 14.3. The third-order valence-electron chi connectivity index (χ3n) is 2.99. The zero-order valence-electron chi connectivity index (χ0n) is 10.2. The predicted octanol–water partition coefficient (Wildman–Crippen LogP) is 1.03. The predicted molar refractivity (Wildman–Crippen MR) is 76.3 cm³/mol. The fourth-order valence-electron chi connectivity index (χ4n) is 1.96. The maximum atomic E-state index is 12.5. The van der Waals surface area contributed by atoms with E-state index >= 15 is 0 Å². The molecule has 0 radical (unpaired) electrons. The number of hydrogen-bond acceptors (Lipinski definition) is 4. The summed E-state index contributed by atoms with van der Waals surface area (Å²) in [5.41, 5.74) is 0.125. The Morgan fingerprint density at radius 2 is 1.90 bits per heavy atom. The van der Waals surface area contributed by atoms with E-state index in [2.05, 4.69) is 5.10 Å². The fourth-order valence-corrected chi connectivity index (χ4v) is 2.09. The third-order valence-corrected chi connectivity index (χ3v) is 3.24. The van der Waals surface area contributed by atoms with Gasteiger partial charge in [-0.2, -0.15) is 9.78 Å². The van der Waals surface area contributed by atoms with Gasteiger partial charge >= 0.3 is 0 Å². The Bertz CT molecular complexity index is 911. The summed E-state index contributed by atoms with van der Waals surface area (Å²) in [6.45, 7) is 0. The van der Waals surface area contributed by atoms with Gasteiger partial charge in [0.2, 0.25) is 0 Å². The second-order valence-electron chi connectivity index (χ2n) is 4.24. The van der Waals surface area contributed by atoms with Crippen LogP contribution in [0, 0.1) is 5.41 Å². The molecule has 0 atom stereocenters. The molecule has 1 aromatic carbocycles. The lowest BCUT2D eigenvalue weighted by Crippen LogP contribution is -2.33. The number of pyridine rings is 1. The van der Waals surface area contributed by atoms with E-state index in [0.717, 1.165) is 4.68 Å². The number of nitrogens with zero attached hydrogens (tertiary/aromatic N) is 3. The summed E-state index contributed by atoms with van der Waals surface area (Å²) in [6, 6.07) is 8.36. The molecule has 3 N–H and O–H groups in total. The van der Waals surface area contributed by atoms with E-state index in [-0.39, 0.29) is 10.9 Å². The van der Waals surface area contributed by atoms with Crippen LogP contribution in [0.15, 0.2) is 47.5 Å². The molecule has 20 heavy (non-hydrogen) atoms. The molecule has 0 saturated carbocycles. The van der Waals surface area contributed by atoms with Crippen molar-refractivity contribution in [1.29, 1.82) is 5.41 Å². The normalized spacial score (nSPS) is 10.8. The second-order valence-corrected chi connectivity index (χ2v) is 4.68. The second kappa shape index (κ2) is 4.50. The first kappa shape index (κ1) is 12.4. The van der Waals surface area contributed by atoms with Crippen molar-refractivity contribution in [3.05, 3.63) is 63.6 Å². The molecule has 2 aromatic heterocycles. The number of rotatable bonds is 1. The lowest BCUT2D eigenvalue weighted by molar-refractivity contribution is 0.810.